The third kappa shape index (κ3) is 3.06. The van der Waals surface area contributed by atoms with Crippen molar-refractivity contribution < 1.29 is 0 Å². The molecule has 0 bridgehead atoms. The molecule has 0 amide bonds. The van der Waals surface area contributed by atoms with Crippen LogP contribution in [-0.4, -0.2) is 19.6 Å². The Morgan fingerprint density at radius 3 is 2.50 bits per heavy atom. The third-order valence-corrected chi connectivity index (χ3v) is 3.69. The first kappa shape index (κ1) is 11.6. The molecular weight excluding hydrogens is 196 g/mol. The van der Waals surface area contributed by atoms with Crippen molar-refractivity contribution in [3.8, 4) is 0 Å². The molecule has 2 nitrogen and oxygen atoms in total. The van der Waals surface area contributed by atoms with Gasteiger partial charge in [-0.05, 0) is 56.3 Å². The zero-order chi connectivity index (χ0) is 11.2. The largest absolute Gasteiger partial charge is 0.330 e. The van der Waals surface area contributed by atoms with Crippen LogP contribution in [-0.2, 0) is 6.42 Å². The Morgan fingerprint density at radius 1 is 1.19 bits per heavy atom. The molecule has 1 aliphatic rings. The summed E-state index contributed by atoms with van der Waals surface area (Å²) in [6, 6.07) is 10.7. The molecule has 88 valence electrons. The maximum Gasteiger partial charge on any atom is -0.00430 e. The van der Waals surface area contributed by atoms with Crippen molar-refractivity contribution in [2.24, 2.45) is 17.6 Å². The predicted molar refractivity (Wildman–Crippen MR) is 68.3 cm³/mol. The van der Waals surface area contributed by atoms with Crippen molar-refractivity contribution in [3.05, 3.63) is 35.9 Å². The Bertz CT molecular complexity index is 291. The van der Waals surface area contributed by atoms with Crippen LogP contribution in [0.5, 0.6) is 0 Å². The van der Waals surface area contributed by atoms with Gasteiger partial charge in [-0.15, -0.1) is 0 Å². The normalized spacial score (nSPS) is 19.6. The lowest BCUT2D eigenvalue weighted by atomic mass is 9.81. The molecule has 0 saturated carbocycles. The minimum Gasteiger partial charge on any atom is -0.330 e. The van der Waals surface area contributed by atoms with Crippen LogP contribution in [0.2, 0.25) is 0 Å². The summed E-state index contributed by atoms with van der Waals surface area (Å²) in [5.41, 5.74) is 7.36. The molecule has 0 radical (unpaired) electrons. The van der Waals surface area contributed by atoms with Gasteiger partial charge in [-0.2, -0.15) is 0 Å². The van der Waals surface area contributed by atoms with Crippen LogP contribution < -0.4 is 11.1 Å². The van der Waals surface area contributed by atoms with Crippen LogP contribution in [0.15, 0.2) is 30.3 Å². The van der Waals surface area contributed by atoms with Crippen molar-refractivity contribution in [3.63, 3.8) is 0 Å². The van der Waals surface area contributed by atoms with E-state index in [4.69, 9.17) is 5.73 Å². The van der Waals surface area contributed by atoms with Crippen LogP contribution in [0.4, 0.5) is 0 Å². The highest BCUT2D eigenvalue weighted by Crippen LogP contribution is 2.24. The summed E-state index contributed by atoms with van der Waals surface area (Å²) in [7, 11) is 0. The van der Waals surface area contributed by atoms with Gasteiger partial charge >= 0.3 is 0 Å². The van der Waals surface area contributed by atoms with E-state index >= 15 is 0 Å². The van der Waals surface area contributed by atoms with Gasteiger partial charge in [0.1, 0.15) is 0 Å². The van der Waals surface area contributed by atoms with E-state index in [1.807, 2.05) is 0 Å². The van der Waals surface area contributed by atoms with E-state index in [-0.39, 0.29) is 0 Å². The molecule has 2 rings (SSSR count). The van der Waals surface area contributed by atoms with E-state index in [9.17, 15) is 0 Å². The van der Waals surface area contributed by atoms with Gasteiger partial charge in [0.05, 0.1) is 0 Å². The lowest BCUT2D eigenvalue weighted by molar-refractivity contribution is 0.262. The Balaban J connectivity index is 1.94. The lowest BCUT2D eigenvalue weighted by Crippen LogP contribution is -2.35. The van der Waals surface area contributed by atoms with E-state index in [1.54, 1.807) is 0 Å². The van der Waals surface area contributed by atoms with Crippen molar-refractivity contribution >= 4 is 0 Å². The lowest BCUT2D eigenvalue weighted by Gasteiger charge is -2.30. The van der Waals surface area contributed by atoms with Crippen LogP contribution in [0.1, 0.15) is 18.4 Å². The van der Waals surface area contributed by atoms with Crippen LogP contribution in [0.25, 0.3) is 0 Å². The fraction of sp³-hybridized carbons (Fsp3) is 0.571. The van der Waals surface area contributed by atoms with Crippen molar-refractivity contribution in [1.29, 1.82) is 0 Å². The molecule has 16 heavy (non-hydrogen) atoms. The van der Waals surface area contributed by atoms with Gasteiger partial charge in [0.25, 0.3) is 0 Å². The highest BCUT2D eigenvalue weighted by atomic mass is 14.9. The summed E-state index contributed by atoms with van der Waals surface area (Å²) in [6.07, 6.45) is 3.71. The number of hydrogen-bond donors (Lipinski definition) is 2. The SMILES string of the molecule is NC[C@H](Cc1ccccc1)C1CCNCC1. The molecule has 0 aromatic heterocycles. The standard InChI is InChI=1S/C14H22N2/c15-11-14(13-6-8-16-9-7-13)10-12-4-2-1-3-5-12/h1-5,13-14,16H,6-11,15H2/t14-/m0/s1. The third-order valence-electron chi connectivity index (χ3n) is 3.69. The summed E-state index contributed by atoms with van der Waals surface area (Å²) in [5, 5.41) is 3.42. The Kier molecular flexibility index (Phi) is 4.37. The number of piperidine rings is 1. The summed E-state index contributed by atoms with van der Waals surface area (Å²) in [6.45, 7) is 3.14. The van der Waals surface area contributed by atoms with Crippen molar-refractivity contribution in [1.82, 2.24) is 5.32 Å². The summed E-state index contributed by atoms with van der Waals surface area (Å²) >= 11 is 0. The molecular formula is C14H22N2. The van der Waals surface area contributed by atoms with E-state index in [2.05, 4.69) is 35.6 Å². The summed E-state index contributed by atoms with van der Waals surface area (Å²) in [4.78, 5) is 0. The smallest absolute Gasteiger partial charge is 0.00430 e. The fourth-order valence-electron chi connectivity index (χ4n) is 2.67. The molecule has 1 aromatic carbocycles. The maximum atomic E-state index is 5.93. The van der Waals surface area contributed by atoms with Gasteiger partial charge in [0.15, 0.2) is 0 Å². The number of benzene rings is 1. The number of nitrogens with one attached hydrogen (secondary N) is 1. The molecule has 1 heterocycles. The van der Waals surface area contributed by atoms with Crippen molar-refractivity contribution in [2.75, 3.05) is 19.6 Å². The molecule has 0 unspecified atom stereocenters. The van der Waals surface area contributed by atoms with E-state index in [1.165, 1.54) is 18.4 Å². The van der Waals surface area contributed by atoms with E-state index in [0.29, 0.717) is 5.92 Å². The summed E-state index contributed by atoms with van der Waals surface area (Å²) < 4.78 is 0. The maximum absolute atomic E-state index is 5.93. The zero-order valence-corrected chi connectivity index (χ0v) is 9.86. The topological polar surface area (TPSA) is 38.0 Å². The molecule has 1 aliphatic heterocycles. The first-order chi connectivity index (χ1) is 7.90. The van der Waals surface area contributed by atoms with Gasteiger partial charge < -0.3 is 11.1 Å². The minimum atomic E-state index is 0.657. The molecule has 0 aliphatic carbocycles. The second-order valence-corrected chi connectivity index (χ2v) is 4.77. The zero-order valence-electron chi connectivity index (χ0n) is 9.86. The molecule has 0 spiro atoms. The van der Waals surface area contributed by atoms with E-state index in [0.717, 1.165) is 32.0 Å². The van der Waals surface area contributed by atoms with Gasteiger partial charge in [-0.1, -0.05) is 30.3 Å². The average Bonchev–Trinajstić information content (AvgIpc) is 2.38. The quantitative estimate of drug-likeness (QED) is 0.809. The molecule has 1 fully saturated rings. The Morgan fingerprint density at radius 2 is 1.88 bits per heavy atom. The second kappa shape index (κ2) is 6.02. The average molecular weight is 218 g/mol. The first-order valence-corrected chi connectivity index (χ1v) is 6.35. The van der Waals surface area contributed by atoms with Crippen LogP contribution >= 0.6 is 0 Å². The second-order valence-electron chi connectivity index (χ2n) is 4.77. The summed E-state index contributed by atoms with van der Waals surface area (Å²) in [5.74, 6) is 1.47. The molecule has 3 N–H and O–H groups in total. The molecule has 2 heteroatoms. The van der Waals surface area contributed by atoms with Crippen LogP contribution in [0.3, 0.4) is 0 Å². The number of hydrogen-bond acceptors (Lipinski definition) is 2. The van der Waals surface area contributed by atoms with E-state index < -0.39 is 0 Å². The van der Waals surface area contributed by atoms with Gasteiger partial charge in [0.2, 0.25) is 0 Å². The van der Waals surface area contributed by atoms with Crippen molar-refractivity contribution in [2.45, 2.75) is 19.3 Å². The Labute approximate surface area is 98.2 Å². The highest BCUT2D eigenvalue weighted by Gasteiger charge is 2.22. The number of rotatable bonds is 4. The molecule has 1 atom stereocenters. The van der Waals surface area contributed by atoms with Gasteiger partial charge in [0, 0.05) is 0 Å². The van der Waals surface area contributed by atoms with Gasteiger partial charge in [-0.25, -0.2) is 0 Å². The van der Waals surface area contributed by atoms with Gasteiger partial charge in [-0.3, -0.25) is 0 Å². The fourth-order valence-corrected chi connectivity index (χ4v) is 2.67. The molecule has 1 saturated heterocycles. The highest BCUT2D eigenvalue weighted by molar-refractivity contribution is 5.15. The first-order valence-electron chi connectivity index (χ1n) is 6.35. The predicted octanol–water partition coefficient (Wildman–Crippen LogP) is 1.80. The number of nitrogens with two attached hydrogens (primary N) is 1. The minimum absolute atomic E-state index is 0.657. The Hall–Kier alpha value is -0.860. The monoisotopic (exact) mass is 218 g/mol. The van der Waals surface area contributed by atoms with Crippen LogP contribution in [0, 0.1) is 11.8 Å². The molecule has 1 aromatic rings.